The van der Waals surface area contributed by atoms with Crippen molar-refractivity contribution in [2.75, 3.05) is 5.73 Å². The maximum atomic E-state index is 14.8. The summed E-state index contributed by atoms with van der Waals surface area (Å²) in [6.45, 7) is 0. The lowest BCUT2D eigenvalue weighted by atomic mass is 10.1. The first-order valence-corrected chi connectivity index (χ1v) is 8.88. The first-order valence-electron chi connectivity index (χ1n) is 8.50. The molecule has 0 radical (unpaired) electrons. The van der Waals surface area contributed by atoms with Crippen LogP contribution in [0, 0.1) is 5.82 Å². The van der Waals surface area contributed by atoms with Gasteiger partial charge in [0.15, 0.2) is 17.3 Å². The molecular weight excluding hydrogens is 413 g/mol. The number of carbonyl (C=O) groups is 1. The molecule has 0 aliphatic carbocycles. The van der Waals surface area contributed by atoms with Gasteiger partial charge in [0.1, 0.15) is 22.9 Å². The number of nitrogens with two attached hydrogens (primary N) is 2. The molecule has 1 amide bonds. The van der Waals surface area contributed by atoms with Crippen LogP contribution in [0.3, 0.4) is 0 Å². The quantitative estimate of drug-likeness (QED) is 0.501. The van der Waals surface area contributed by atoms with Gasteiger partial charge in [-0.25, -0.2) is 14.1 Å². The van der Waals surface area contributed by atoms with Crippen molar-refractivity contribution in [1.82, 2.24) is 25.0 Å². The van der Waals surface area contributed by atoms with Gasteiger partial charge in [-0.05, 0) is 30.3 Å². The number of rotatable bonds is 5. The Morgan fingerprint density at radius 2 is 1.90 bits per heavy atom. The number of para-hydroxylation sites is 1. The zero-order chi connectivity index (χ0) is 21.3. The van der Waals surface area contributed by atoms with Crippen molar-refractivity contribution < 1.29 is 13.9 Å². The van der Waals surface area contributed by atoms with Gasteiger partial charge in [-0.3, -0.25) is 4.79 Å². The van der Waals surface area contributed by atoms with Gasteiger partial charge < -0.3 is 16.2 Å². The van der Waals surface area contributed by atoms with Gasteiger partial charge in [0, 0.05) is 5.56 Å². The lowest BCUT2D eigenvalue weighted by Gasteiger charge is -2.11. The SMILES string of the molecule is NC(=O)c1nnn(-c2ccccc2)c1-c1ccc(Oc2ncnc(N)c2Cl)c(F)c1. The fraction of sp³-hybridized carbons (Fsp3) is 0. The fourth-order valence-corrected chi connectivity index (χ4v) is 2.87. The van der Waals surface area contributed by atoms with E-state index in [2.05, 4.69) is 20.3 Å². The maximum absolute atomic E-state index is 14.8. The van der Waals surface area contributed by atoms with Gasteiger partial charge in [-0.15, -0.1) is 5.10 Å². The van der Waals surface area contributed by atoms with E-state index in [9.17, 15) is 9.18 Å². The van der Waals surface area contributed by atoms with E-state index in [4.69, 9.17) is 27.8 Å². The van der Waals surface area contributed by atoms with Crippen LogP contribution in [-0.4, -0.2) is 30.9 Å². The van der Waals surface area contributed by atoms with E-state index in [0.29, 0.717) is 11.3 Å². The predicted molar refractivity (Wildman–Crippen MR) is 107 cm³/mol. The Hall–Kier alpha value is -4.05. The number of ether oxygens (including phenoxy) is 1. The molecule has 2 heterocycles. The van der Waals surface area contributed by atoms with Crippen LogP contribution in [0.4, 0.5) is 10.2 Å². The van der Waals surface area contributed by atoms with Crippen molar-refractivity contribution in [3.8, 4) is 28.6 Å². The van der Waals surface area contributed by atoms with Gasteiger partial charge in [-0.1, -0.05) is 35.0 Å². The average molecular weight is 426 g/mol. The number of nitrogens with zero attached hydrogens (tertiary/aromatic N) is 5. The molecule has 2 aromatic heterocycles. The fourth-order valence-electron chi connectivity index (χ4n) is 2.73. The number of halogens is 2. The molecule has 0 bridgehead atoms. The van der Waals surface area contributed by atoms with E-state index >= 15 is 0 Å². The molecule has 150 valence electrons. The molecule has 0 aliphatic rings. The summed E-state index contributed by atoms with van der Waals surface area (Å²) < 4.78 is 21.6. The first-order chi connectivity index (χ1) is 14.5. The molecule has 0 fully saturated rings. The molecule has 30 heavy (non-hydrogen) atoms. The number of hydrogen-bond donors (Lipinski definition) is 2. The van der Waals surface area contributed by atoms with Crippen molar-refractivity contribution in [2.45, 2.75) is 0 Å². The normalized spacial score (nSPS) is 10.7. The summed E-state index contributed by atoms with van der Waals surface area (Å²) in [5.41, 5.74) is 12.1. The molecule has 0 atom stereocenters. The molecule has 2 aromatic carbocycles. The molecule has 0 aliphatic heterocycles. The van der Waals surface area contributed by atoms with Crippen LogP contribution in [0.2, 0.25) is 5.02 Å². The van der Waals surface area contributed by atoms with Gasteiger partial charge in [0.25, 0.3) is 5.91 Å². The number of hydrogen-bond acceptors (Lipinski definition) is 7. The number of anilines is 1. The molecule has 4 rings (SSSR count). The molecule has 0 saturated carbocycles. The summed E-state index contributed by atoms with van der Waals surface area (Å²) >= 11 is 5.98. The second-order valence-corrected chi connectivity index (χ2v) is 6.40. The van der Waals surface area contributed by atoms with E-state index in [1.807, 2.05) is 6.07 Å². The summed E-state index contributed by atoms with van der Waals surface area (Å²) in [7, 11) is 0. The zero-order valence-corrected chi connectivity index (χ0v) is 15.9. The smallest absolute Gasteiger partial charge is 0.271 e. The number of primary amides is 1. The van der Waals surface area contributed by atoms with Crippen LogP contribution in [-0.2, 0) is 0 Å². The van der Waals surface area contributed by atoms with E-state index in [0.717, 1.165) is 6.33 Å². The third-order valence-corrected chi connectivity index (χ3v) is 4.46. The van der Waals surface area contributed by atoms with Crippen LogP contribution in [0.1, 0.15) is 10.5 Å². The van der Waals surface area contributed by atoms with Crippen LogP contribution in [0.15, 0.2) is 54.9 Å². The number of carbonyl (C=O) groups excluding carboxylic acids is 1. The topological polar surface area (TPSA) is 135 Å². The summed E-state index contributed by atoms with van der Waals surface area (Å²) in [5.74, 6) is -1.78. The average Bonchev–Trinajstić information content (AvgIpc) is 3.19. The molecular formula is C19H13ClFN7O2. The van der Waals surface area contributed by atoms with E-state index < -0.39 is 11.7 Å². The summed E-state index contributed by atoms with van der Waals surface area (Å²) in [4.78, 5) is 19.4. The third-order valence-electron chi connectivity index (χ3n) is 4.10. The summed E-state index contributed by atoms with van der Waals surface area (Å²) in [6, 6.07) is 13.0. The Morgan fingerprint density at radius 1 is 1.13 bits per heavy atom. The molecule has 0 spiro atoms. The molecule has 0 unspecified atom stereocenters. The van der Waals surface area contributed by atoms with Gasteiger partial charge in [0.05, 0.1) is 5.69 Å². The van der Waals surface area contributed by atoms with E-state index in [1.165, 1.54) is 22.9 Å². The van der Waals surface area contributed by atoms with Gasteiger partial charge in [0.2, 0.25) is 5.88 Å². The highest BCUT2D eigenvalue weighted by Gasteiger charge is 2.22. The number of amides is 1. The highest BCUT2D eigenvalue weighted by molar-refractivity contribution is 6.34. The third kappa shape index (κ3) is 3.51. The monoisotopic (exact) mass is 425 g/mol. The second-order valence-electron chi connectivity index (χ2n) is 6.02. The molecule has 4 N–H and O–H groups in total. The molecule has 11 heteroatoms. The van der Waals surface area contributed by atoms with Crippen LogP contribution in [0.5, 0.6) is 11.6 Å². The second kappa shape index (κ2) is 7.76. The largest absolute Gasteiger partial charge is 0.434 e. The molecule has 0 saturated heterocycles. The molecule has 4 aromatic rings. The number of aromatic nitrogens is 5. The highest BCUT2D eigenvalue weighted by Crippen LogP contribution is 2.34. The van der Waals surface area contributed by atoms with Crippen molar-refractivity contribution >= 4 is 23.3 Å². The lowest BCUT2D eigenvalue weighted by molar-refractivity contribution is 0.0996. The Bertz CT molecular complexity index is 1250. The minimum Gasteiger partial charge on any atom is -0.434 e. The minimum atomic E-state index is -0.795. The van der Waals surface area contributed by atoms with Crippen molar-refractivity contribution in [3.63, 3.8) is 0 Å². The van der Waals surface area contributed by atoms with Crippen molar-refractivity contribution in [3.05, 3.63) is 71.4 Å². The Labute approximate surface area is 174 Å². The van der Waals surface area contributed by atoms with Crippen molar-refractivity contribution in [2.24, 2.45) is 5.73 Å². The van der Waals surface area contributed by atoms with Crippen LogP contribution >= 0.6 is 11.6 Å². The summed E-state index contributed by atoms with van der Waals surface area (Å²) in [6.07, 6.45) is 1.14. The van der Waals surface area contributed by atoms with Crippen LogP contribution < -0.4 is 16.2 Å². The van der Waals surface area contributed by atoms with Gasteiger partial charge in [-0.2, -0.15) is 4.98 Å². The molecule has 9 nitrogen and oxygen atoms in total. The van der Waals surface area contributed by atoms with Gasteiger partial charge >= 0.3 is 0 Å². The number of nitrogen functional groups attached to an aromatic ring is 1. The Balaban J connectivity index is 1.77. The van der Waals surface area contributed by atoms with Crippen molar-refractivity contribution in [1.29, 1.82) is 0 Å². The van der Waals surface area contributed by atoms with E-state index in [-0.39, 0.29) is 33.9 Å². The summed E-state index contributed by atoms with van der Waals surface area (Å²) in [5, 5.41) is 7.80. The predicted octanol–water partition coefficient (Wildman–Crippen LogP) is 2.99. The maximum Gasteiger partial charge on any atom is 0.271 e. The standard InChI is InChI=1S/C19H13ClFN7O2/c20-14-17(22)24-9-25-19(14)30-13-7-6-10(8-12(13)21)16-15(18(23)29)26-27-28(16)11-4-2-1-3-5-11/h1-9H,(H2,23,29)(H2,22,24,25). The number of benzene rings is 2. The van der Waals surface area contributed by atoms with Crippen LogP contribution in [0.25, 0.3) is 16.9 Å². The Morgan fingerprint density at radius 3 is 2.60 bits per heavy atom. The minimum absolute atomic E-state index is 0.00244. The lowest BCUT2D eigenvalue weighted by Crippen LogP contribution is -2.13. The first kappa shape index (κ1) is 19.3. The zero-order valence-electron chi connectivity index (χ0n) is 15.2. The highest BCUT2D eigenvalue weighted by atomic mass is 35.5. The Kier molecular flexibility index (Phi) is 4.98. The van der Waals surface area contributed by atoms with E-state index in [1.54, 1.807) is 24.3 Å².